The molecule has 0 unspecified atom stereocenters. The van der Waals surface area contributed by atoms with Gasteiger partial charge in [-0.3, -0.25) is 0 Å². The van der Waals surface area contributed by atoms with Gasteiger partial charge in [-0.05, 0) is 25.6 Å². The second-order valence-corrected chi connectivity index (χ2v) is 7.56. The van der Waals surface area contributed by atoms with Crippen molar-refractivity contribution in [2.24, 2.45) is 11.1 Å². The van der Waals surface area contributed by atoms with Crippen LogP contribution in [0.15, 0.2) is 17.2 Å². The monoisotopic (exact) mass is 288 g/mol. The maximum absolute atomic E-state index is 12.1. The quantitative estimate of drug-likeness (QED) is 0.675. The van der Waals surface area contributed by atoms with Gasteiger partial charge in [0.15, 0.2) is 0 Å². The van der Waals surface area contributed by atoms with E-state index in [2.05, 4.69) is 9.71 Å². The van der Waals surface area contributed by atoms with Gasteiger partial charge in [0.25, 0.3) is 0 Å². The molecular weight excluding hydrogens is 264 g/mol. The number of H-pyrrole nitrogens is 1. The van der Waals surface area contributed by atoms with Crippen LogP contribution in [0.5, 0.6) is 0 Å². The zero-order valence-electron chi connectivity index (χ0n) is 12.0. The first-order valence-corrected chi connectivity index (χ1v) is 7.66. The number of nitrogens with one attached hydrogen (secondary N) is 2. The minimum Gasteiger partial charge on any atom is -0.363 e. The molecule has 0 saturated heterocycles. The van der Waals surface area contributed by atoms with E-state index in [-0.39, 0.29) is 10.3 Å². The van der Waals surface area contributed by atoms with Crippen molar-refractivity contribution in [2.75, 3.05) is 27.2 Å². The summed E-state index contributed by atoms with van der Waals surface area (Å²) < 4.78 is 26.9. The first kappa shape index (κ1) is 16.2. The maximum atomic E-state index is 12.1. The number of rotatable bonds is 7. The molecule has 1 aromatic rings. The first-order valence-electron chi connectivity index (χ1n) is 6.18. The molecule has 1 aromatic heterocycles. The van der Waals surface area contributed by atoms with Crippen molar-refractivity contribution in [3.8, 4) is 0 Å². The topological polar surface area (TPSA) is 91.2 Å². The Labute approximate surface area is 115 Å². The van der Waals surface area contributed by atoms with Gasteiger partial charge in [-0.15, -0.1) is 0 Å². The molecule has 0 aromatic carbocycles. The van der Waals surface area contributed by atoms with Gasteiger partial charge in [0.2, 0.25) is 10.0 Å². The maximum Gasteiger partial charge on any atom is 0.242 e. The Morgan fingerprint density at radius 3 is 2.53 bits per heavy atom. The molecule has 0 spiro atoms. The number of aromatic amines is 1. The van der Waals surface area contributed by atoms with Crippen molar-refractivity contribution in [3.05, 3.63) is 18.0 Å². The molecule has 0 radical (unpaired) electrons. The Morgan fingerprint density at radius 1 is 1.42 bits per heavy atom. The number of sulfonamides is 1. The predicted molar refractivity (Wildman–Crippen MR) is 76.2 cm³/mol. The third kappa shape index (κ3) is 4.94. The van der Waals surface area contributed by atoms with Crippen LogP contribution in [-0.2, 0) is 16.6 Å². The third-order valence-corrected chi connectivity index (χ3v) is 4.11. The van der Waals surface area contributed by atoms with Crippen LogP contribution in [0, 0.1) is 5.41 Å². The first-order chi connectivity index (χ1) is 8.66. The predicted octanol–water partition coefficient (Wildman–Crippen LogP) is 0.340. The highest BCUT2D eigenvalue weighted by molar-refractivity contribution is 7.89. The summed E-state index contributed by atoms with van der Waals surface area (Å²) in [5.74, 6) is 0. The molecule has 0 atom stereocenters. The number of hydrogen-bond donors (Lipinski definition) is 3. The lowest BCUT2D eigenvalue weighted by Crippen LogP contribution is -2.39. The fraction of sp³-hybridized carbons (Fsp3) is 0.667. The number of nitrogens with zero attached hydrogens (tertiary/aromatic N) is 1. The number of hydrogen-bond acceptors (Lipinski definition) is 4. The third-order valence-electron chi connectivity index (χ3n) is 2.73. The second-order valence-electron chi connectivity index (χ2n) is 5.79. The molecule has 0 saturated carbocycles. The highest BCUT2D eigenvalue weighted by Gasteiger charge is 2.23. The van der Waals surface area contributed by atoms with Gasteiger partial charge < -0.3 is 15.6 Å². The van der Waals surface area contributed by atoms with Crippen molar-refractivity contribution in [2.45, 2.75) is 25.3 Å². The lowest BCUT2D eigenvalue weighted by atomic mass is 9.93. The van der Waals surface area contributed by atoms with Crippen molar-refractivity contribution in [3.63, 3.8) is 0 Å². The Bertz CT molecular complexity index is 506. The summed E-state index contributed by atoms with van der Waals surface area (Å²) in [5, 5.41) is 0. The number of aromatic nitrogens is 1. The van der Waals surface area contributed by atoms with E-state index >= 15 is 0 Å². The summed E-state index contributed by atoms with van der Waals surface area (Å²) in [6.07, 6.45) is 1.46. The molecule has 1 rings (SSSR count). The van der Waals surface area contributed by atoms with Crippen LogP contribution in [0.2, 0.25) is 0 Å². The Kier molecular flexibility index (Phi) is 5.14. The van der Waals surface area contributed by atoms with Crippen molar-refractivity contribution >= 4 is 10.0 Å². The Morgan fingerprint density at radius 2 is 2.05 bits per heavy atom. The standard InChI is InChI=1S/C12H24N4O2S/c1-12(2,9-16(3)4)8-15-19(17,18)11-5-10(6-13)14-7-11/h5,7,14-15H,6,8-9,13H2,1-4H3. The normalized spacial score (nSPS) is 13.2. The fourth-order valence-electron chi connectivity index (χ4n) is 1.98. The van der Waals surface area contributed by atoms with E-state index in [1.165, 1.54) is 6.20 Å². The van der Waals surface area contributed by atoms with E-state index in [1.807, 2.05) is 32.8 Å². The van der Waals surface area contributed by atoms with Crippen LogP contribution in [0.25, 0.3) is 0 Å². The van der Waals surface area contributed by atoms with Gasteiger partial charge >= 0.3 is 0 Å². The minimum absolute atomic E-state index is 0.135. The summed E-state index contributed by atoms with van der Waals surface area (Å²) >= 11 is 0. The molecule has 0 aliphatic heterocycles. The van der Waals surface area contributed by atoms with Crippen LogP contribution in [0.4, 0.5) is 0 Å². The van der Waals surface area contributed by atoms with Gasteiger partial charge in [-0.2, -0.15) is 0 Å². The minimum atomic E-state index is -3.47. The van der Waals surface area contributed by atoms with E-state index in [0.717, 1.165) is 6.54 Å². The van der Waals surface area contributed by atoms with Crippen LogP contribution < -0.4 is 10.5 Å². The summed E-state index contributed by atoms with van der Waals surface area (Å²) in [6, 6.07) is 1.56. The summed E-state index contributed by atoms with van der Waals surface area (Å²) in [7, 11) is 0.463. The van der Waals surface area contributed by atoms with E-state index in [9.17, 15) is 8.42 Å². The highest BCUT2D eigenvalue weighted by atomic mass is 32.2. The van der Waals surface area contributed by atoms with Gasteiger partial charge in [0.05, 0.1) is 4.90 Å². The summed E-state index contributed by atoms with van der Waals surface area (Å²) in [5.41, 5.74) is 6.02. The van der Waals surface area contributed by atoms with Crippen LogP contribution in [0.3, 0.4) is 0 Å². The van der Waals surface area contributed by atoms with Crippen LogP contribution in [-0.4, -0.2) is 45.5 Å². The largest absolute Gasteiger partial charge is 0.363 e. The molecule has 7 heteroatoms. The molecule has 0 bridgehead atoms. The van der Waals surface area contributed by atoms with Crippen LogP contribution >= 0.6 is 0 Å². The number of nitrogens with two attached hydrogens (primary N) is 1. The molecule has 19 heavy (non-hydrogen) atoms. The van der Waals surface area contributed by atoms with Crippen molar-refractivity contribution < 1.29 is 8.42 Å². The van der Waals surface area contributed by atoms with E-state index in [1.54, 1.807) is 6.07 Å². The van der Waals surface area contributed by atoms with Gasteiger partial charge in [-0.1, -0.05) is 13.8 Å². The Balaban J connectivity index is 2.70. The summed E-state index contributed by atoms with van der Waals surface area (Å²) in [6.45, 7) is 5.53. The highest BCUT2D eigenvalue weighted by Crippen LogP contribution is 2.17. The van der Waals surface area contributed by atoms with Crippen molar-refractivity contribution in [1.82, 2.24) is 14.6 Å². The average molecular weight is 288 g/mol. The van der Waals surface area contributed by atoms with Gasteiger partial charge in [-0.25, -0.2) is 13.1 Å². The Hall–Kier alpha value is -0.890. The van der Waals surface area contributed by atoms with Crippen molar-refractivity contribution in [1.29, 1.82) is 0 Å². The molecule has 110 valence electrons. The van der Waals surface area contributed by atoms with Crippen LogP contribution in [0.1, 0.15) is 19.5 Å². The van der Waals surface area contributed by atoms with E-state index < -0.39 is 10.0 Å². The van der Waals surface area contributed by atoms with E-state index in [0.29, 0.717) is 18.8 Å². The lowest BCUT2D eigenvalue weighted by Gasteiger charge is -2.28. The SMILES string of the molecule is CN(C)CC(C)(C)CNS(=O)(=O)c1c[nH]c(CN)c1. The molecule has 4 N–H and O–H groups in total. The summed E-state index contributed by atoms with van der Waals surface area (Å²) in [4.78, 5) is 5.11. The molecule has 0 aliphatic rings. The molecular formula is C12H24N4O2S. The molecule has 0 aliphatic carbocycles. The fourth-order valence-corrected chi connectivity index (χ4v) is 3.24. The lowest BCUT2D eigenvalue weighted by molar-refractivity contribution is 0.242. The molecule has 0 amide bonds. The van der Waals surface area contributed by atoms with Gasteiger partial charge in [0.1, 0.15) is 0 Å². The molecule has 0 fully saturated rings. The molecule has 1 heterocycles. The van der Waals surface area contributed by atoms with Gasteiger partial charge in [0, 0.05) is 31.5 Å². The second kappa shape index (κ2) is 6.04. The zero-order valence-corrected chi connectivity index (χ0v) is 12.8. The smallest absolute Gasteiger partial charge is 0.242 e. The zero-order chi connectivity index (χ0) is 14.7. The molecule has 6 nitrogen and oxygen atoms in total. The average Bonchev–Trinajstić information content (AvgIpc) is 2.74. The van der Waals surface area contributed by atoms with E-state index in [4.69, 9.17) is 5.73 Å².